The van der Waals surface area contributed by atoms with E-state index in [9.17, 15) is 4.21 Å². The van der Waals surface area contributed by atoms with Crippen LogP contribution in [0.4, 0.5) is 0 Å². The average molecular weight is 246 g/mol. The van der Waals surface area contributed by atoms with Gasteiger partial charge in [0, 0.05) is 16.6 Å². The predicted octanol–water partition coefficient (Wildman–Crippen LogP) is 3.56. The number of allylic oxidation sites excluding steroid dienone is 1. The molecule has 0 N–H and O–H groups in total. The van der Waals surface area contributed by atoms with E-state index in [4.69, 9.17) is 0 Å². The maximum atomic E-state index is 12.0. The fraction of sp³-hybridized carbons (Fsp3) is 0.333. The van der Waals surface area contributed by atoms with Gasteiger partial charge in [-0.05, 0) is 25.8 Å². The fourth-order valence-electron chi connectivity index (χ4n) is 1.95. The van der Waals surface area contributed by atoms with Gasteiger partial charge in [0.2, 0.25) is 0 Å². The van der Waals surface area contributed by atoms with Crippen LogP contribution in [0.15, 0.2) is 47.6 Å². The van der Waals surface area contributed by atoms with E-state index in [-0.39, 0.29) is 5.25 Å². The van der Waals surface area contributed by atoms with E-state index >= 15 is 0 Å². The first kappa shape index (κ1) is 12.3. The summed E-state index contributed by atoms with van der Waals surface area (Å²) >= 11 is 0. The smallest absolute Gasteiger partial charge is 0.0571 e. The first-order valence-electron chi connectivity index (χ1n) is 5.92. The van der Waals surface area contributed by atoms with Crippen LogP contribution < -0.4 is 0 Å². The first-order valence-corrected chi connectivity index (χ1v) is 7.30. The number of rotatable bonds is 2. The molecule has 0 spiro atoms. The van der Waals surface area contributed by atoms with E-state index in [1.807, 2.05) is 18.2 Å². The van der Waals surface area contributed by atoms with Crippen LogP contribution in [0.3, 0.4) is 0 Å². The Morgan fingerprint density at radius 3 is 2.59 bits per heavy atom. The Labute approximate surface area is 106 Å². The second-order valence-electron chi connectivity index (χ2n) is 4.60. The number of hydrogen-bond acceptors (Lipinski definition) is 1. The van der Waals surface area contributed by atoms with E-state index in [1.165, 1.54) is 16.7 Å². The molecule has 1 aromatic rings. The van der Waals surface area contributed by atoms with Gasteiger partial charge in [0.1, 0.15) is 0 Å². The van der Waals surface area contributed by atoms with Gasteiger partial charge in [-0.3, -0.25) is 4.21 Å². The highest BCUT2D eigenvalue weighted by Gasteiger charge is 2.20. The standard InChI is InChI=1S/C15H18OS/c1-12-10-15(17(16)11-13(12)2)9-8-14-6-4-3-5-7-14/h3-9,15H,10-11H2,1-2H3/b9-8+/t15-,17?/m0/s1. The number of benzene rings is 1. The maximum Gasteiger partial charge on any atom is 0.0571 e. The zero-order valence-electron chi connectivity index (χ0n) is 10.3. The monoisotopic (exact) mass is 246 g/mol. The second kappa shape index (κ2) is 5.46. The van der Waals surface area contributed by atoms with E-state index < -0.39 is 10.8 Å². The molecule has 0 saturated heterocycles. The van der Waals surface area contributed by atoms with Crippen molar-refractivity contribution in [1.29, 1.82) is 0 Å². The highest BCUT2D eigenvalue weighted by atomic mass is 32.2. The van der Waals surface area contributed by atoms with Crippen molar-refractivity contribution in [3.63, 3.8) is 0 Å². The van der Waals surface area contributed by atoms with Crippen LogP contribution in [0.1, 0.15) is 25.8 Å². The van der Waals surface area contributed by atoms with Gasteiger partial charge >= 0.3 is 0 Å². The Morgan fingerprint density at radius 1 is 1.18 bits per heavy atom. The molecule has 1 aliphatic rings. The summed E-state index contributed by atoms with van der Waals surface area (Å²) in [7, 11) is -0.747. The van der Waals surface area contributed by atoms with E-state index in [0.29, 0.717) is 0 Å². The van der Waals surface area contributed by atoms with Crippen LogP contribution in [-0.2, 0) is 10.8 Å². The van der Waals surface area contributed by atoms with Crippen LogP contribution in [0.25, 0.3) is 6.08 Å². The molecule has 1 unspecified atom stereocenters. The Hall–Kier alpha value is -1.15. The molecule has 0 saturated carbocycles. The van der Waals surface area contributed by atoms with E-state index in [0.717, 1.165) is 12.2 Å². The lowest BCUT2D eigenvalue weighted by Gasteiger charge is -2.21. The Bertz CT molecular complexity index is 471. The van der Waals surface area contributed by atoms with Crippen molar-refractivity contribution in [2.75, 3.05) is 5.75 Å². The quantitative estimate of drug-likeness (QED) is 0.729. The topological polar surface area (TPSA) is 17.1 Å². The van der Waals surface area contributed by atoms with Gasteiger partial charge in [0.15, 0.2) is 0 Å². The van der Waals surface area contributed by atoms with Crippen molar-refractivity contribution in [3.05, 3.63) is 53.1 Å². The van der Waals surface area contributed by atoms with Crippen molar-refractivity contribution < 1.29 is 4.21 Å². The molecule has 2 atom stereocenters. The lowest BCUT2D eigenvalue weighted by Crippen LogP contribution is -2.21. The third-order valence-corrected chi connectivity index (χ3v) is 4.95. The average Bonchev–Trinajstić information content (AvgIpc) is 2.33. The van der Waals surface area contributed by atoms with Crippen LogP contribution in [0.5, 0.6) is 0 Å². The summed E-state index contributed by atoms with van der Waals surface area (Å²) in [6.07, 6.45) is 5.11. The molecule has 17 heavy (non-hydrogen) atoms. The molecule has 0 aliphatic carbocycles. The highest BCUT2D eigenvalue weighted by molar-refractivity contribution is 7.86. The molecule has 90 valence electrons. The number of hydrogen-bond donors (Lipinski definition) is 0. The van der Waals surface area contributed by atoms with Crippen LogP contribution in [0.2, 0.25) is 0 Å². The lowest BCUT2D eigenvalue weighted by molar-refractivity contribution is 0.674. The largest absolute Gasteiger partial charge is 0.259 e. The summed E-state index contributed by atoms with van der Waals surface area (Å²) in [4.78, 5) is 0. The van der Waals surface area contributed by atoms with E-state index in [2.05, 4.69) is 38.1 Å². The Balaban J connectivity index is 2.10. The molecular weight excluding hydrogens is 228 g/mol. The van der Waals surface area contributed by atoms with Gasteiger partial charge in [-0.25, -0.2) is 0 Å². The van der Waals surface area contributed by atoms with Crippen molar-refractivity contribution >= 4 is 16.9 Å². The van der Waals surface area contributed by atoms with Crippen LogP contribution >= 0.6 is 0 Å². The molecule has 0 bridgehead atoms. The summed E-state index contributed by atoms with van der Waals surface area (Å²) in [5, 5.41) is 0.180. The van der Waals surface area contributed by atoms with Gasteiger partial charge < -0.3 is 0 Å². The third kappa shape index (κ3) is 3.16. The molecule has 1 heterocycles. The van der Waals surface area contributed by atoms with Gasteiger partial charge in [-0.1, -0.05) is 53.6 Å². The second-order valence-corrected chi connectivity index (χ2v) is 6.25. The highest BCUT2D eigenvalue weighted by Crippen LogP contribution is 2.23. The minimum Gasteiger partial charge on any atom is -0.259 e. The van der Waals surface area contributed by atoms with E-state index in [1.54, 1.807) is 0 Å². The van der Waals surface area contributed by atoms with Crippen LogP contribution in [0, 0.1) is 0 Å². The zero-order chi connectivity index (χ0) is 12.3. The van der Waals surface area contributed by atoms with Crippen molar-refractivity contribution in [2.24, 2.45) is 0 Å². The molecule has 1 aliphatic heterocycles. The third-order valence-electron chi connectivity index (χ3n) is 3.24. The molecule has 1 aromatic carbocycles. The van der Waals surface area contributed by atoms with Crippen LogP contribution in [-0.4, -0.2) is 15.2 Å². The molecule has 2 rings (SSSR count). The molecule has 0 amide bonds. The molecule has 0 aromatic heterocycles. The lowest BCUT2D eigenvalue weighted by atomic mass is 10.1. The predicted molar refractivity (Wildman–Crippen MR) is 75.3 cm³/mol. The van der Waals surface area contributed by atoms with Gasteiger partial charge in [0.25, 0.3) is 0 Å². The first-order chi connectivity index (χ1) is 8.16. The molecular formula is C15H18OS. The zero-order valence-corrected chi connectivity index (χ0v) is 11.2. The normalized spacial score (nSPS) is 25.5. The minimum atomic E-state index is -0.747. The molecule has 0 radical (unpaired) electrons. The Morgan fingerprint density at radius 2 is 1.88 bits per heavy atom. The summed E-state index contributed by atoms with van der Waals surface area (Å²) in [6.45, 7) is 4.24. The summed E-state index contributed by atoms with van der Waals surface area (Å²) < 4.78 is 12.0. The van der Waals surface area contributed by atoms with Crippen molar-refractivity contribution in [1.82, 2.24) is 0 Å². The molecule has 1 nitrogen and oxygen atoms in total. The SMILES string of the molecule is CC1=C(C)CS(=O)[C@@H](/C=C/c2ccccc2)C1. The minimum absolute atomic E-state index is 0.180. The molecule has 2 heteroatoms. The van der Waals surface area contributed by atoms with Gasteiger partial charge in [0.05, 0.1) is 5.25 Å². The summed E-state index contributed by atoms with van der Waals surface area (Å²) in [5.74, 6) is 0.732. The fourth-order valence-corrected chi connectivity index (χ4v) is 3.53. The summed E-state index contributed by atoms with van der Waals surface area (Å²) in [5.41, 5.74) is 3.87. The molecule has 0 fully saturated rings. The summed E-state index contributed by atoms with van der Waals surface area (Å²) in [6, 6.07) is 10.2. The van der Waals surface area contributed by atoms with Gasteiger partial charge in [-0.15, -0.1) is 0 Å². The maximum absolute atomic E-state index is 12.0. The van der Waals surface area contributed by atoms with Crippen molar-refractivity contribution in [2.45, 2.75) is 25.5 Å². The Kier molecular flexibility index (Phi) is 3.95. The van der Waals surface area contributed by atoms with Crippen molar-refractivity contribution in [3.8, 4) is 0 Å². The van der Waals surface area contributed by atoms with Gasteiger partial charge in [-0.2, -0.15) is 0 Å².